The Morgan fingerprint density at radius 3 is 2.38 bits per heavy atom. The van der Waals surface area contributed by atoms with Crippen molar-refractivity contribution >= 4 is 23.5 Å². The highest BCUT2D eigenvalue weighted by atomic mass is 35.5. The maximum atomic E-state index is 12.9. The van der Waals surface area contributed by atoms with E-state index >= 15 is 0 Å². The molecule has 1 heterocycles. The molecule has 178 valence electrons. The number of amides is 1. The van der Waals surface area contributed by atoms with Crippen molar-refractivity contribution < 1.29 is 14.3 Å². The summed E-state index contributed by atoms with van der Waals surface area (Å²) < 4.78 is 7.30. The zero-order chi connectivity index (χ0) is 25.2. The third-order valence-electron chi connectivity index (χ3n) is 5.71. The Hall–Kier alpha value is -3.65. The van der Waals surface area contributed by atoms with Gasteiger partial charge in [-0.3, -0.25) is 14.2 Å². The van der Waals surface area contributed by atoms with E-state index in [1.165, 1.54) is 24.9 Å². The van der Waals surface area contributed by atoms with Gasteiger partial charge in [0.2, 0.25) is 0 Å². The molecule has 0 aliphatic carbocycles. The monoisotopic (exact) mass is 483 g/mol. The van der Waals surface area contributed by atoms with E-state index in [-0.39, 0.29) is 6.42 Å². The van der Waals surface area contributed by atoms with Crippen molar-refractivity contribution in [2.75, 3.05) is 7.11 Å². The van der Waals surface area contributed by atoms with Crippen LogP contribution in [0, 0.1) is 13.8 Å². The average molecular weight is 484 g/mol. The fraction of sp³-hybridized carbons (Fsp3) is 0.280. The van der Waals surface area contributed by atoms with Gasteiger partial charge in [-0.2, -0.15) is 0 Å². The standard InChI is InChI=1S/C25H26ClN3O5/c1-14-7-6-8-19(26)21(14)22(30)27-20(24(32)34-5)12-16-9-10-17(15(2)11-16)18-13-28(3)25(33)29(4)23(18)31/h6-11,13,20H,12H2,1-5H3,(H,27,30). The van der Waals surface area contributed by atoms with Crippen molar-refractivity contribution in [3.8, 4) is 11.1 Å². The summed E-state index contributed by atoms with van der Waals surface area (Å²) >= 11 is 6.20. The van der Waals surface area contributed by atoms with Gasteiger partial charge in [0.15, 0.2) is 0 Å². The summed E-state index contributed by atoms with van der Waals surface area (Å²) in [5, 5.41) is 3.01. The topological polar surface area (TPSA) is 99.4 Å². The number of halogens is 1. The van der Waals surface area contributed by atoms with Crippen LogP contribution in [-0.2, 0) is 30.0 Å². The summed E-state index contributed by atoms with van der Waals surface area (Å²) in [5.74, 6) is -1.06. The maximum absolute atomic E-state index is 12.9. The Kier molecular flexibility index (Phi) is 7.41. The molecule has 34 heavy (non-hydrogen) atoms. The van der Waals surface area contributed by atoms with Crippen LogP contribution in [0.1, 0.15) is 27.0 Å². The second-order valence-electron chi connectivity index (χ2n) is 8.13. The highest BCUT2D eigenvalue weighted by molar-refractivity contribution is 6.34. The van der Waals surface area contributed by atoms with E-state index in [9.17, 15) is 19.2 Å². The molecule has 0 bridgehead atoms. The Morgan fingerprint density at radius 1 is 1.06 bits per heavy atom. The van der Waals surface area contributed by atoms with Gasteiger partial charge < -0.3 is 14.6 Å². The summed E-state index contributed by atoms with van der Waals surface area (Å²) in [6.07, 6.45) is 1.68. The minimum atomic E-state index is -0.941. The zero-order valence-electron chi connectivity index (χ0n) is 19.6. The number of methoxy groups -OCH3 is 1. The molecule has 0 saturated carbocycles. The molecule has 2 aromatic carbocycles. The summed E-state index contributed by atoms with van der Waals surface area (Å²) in [4.78, 5) is 49.9. The van der Waals surface area contributed by atoms with Crippen LogP contribution in [0.4, 0.5) is 0 Å². The number of esters is 1. The molecule has 0 saturated heterocycles. The number of nitrogens with zero attached hydrogens (tertiary/aromatic N) is 2. The van der Waals surface area contributed by atoms with Gasteiger partial charge in [0.25, 0.3) is 11.5 Å². The molecule has 0 aliphatic rings. The van der Waals surface area contributed by atoms with Gasteiger partial charge in [0.05, 0.1) is 23.3 Å². The largest absolute Gasteiger partial charge is 0.467 e. The SMILES string of the molecule is COC(=O)C(Cc1ccc(-c2cn(C)c(=O)n(C)c2=O)c(C)c1)NC(=O)c1c(C)cccc1Cl. The summed E-state index contributed by atoms with van der Waals surface area (Å²) in [6.45, 7) is 3.60. The minimum absolute atomic E-state index is 0.175. The van der Waals surface area contributed by atoms with Crippen LogP contribution in [0.3, 0.4) is 0 Å². The molecular weight excluding hydrogens is 458 g/mol. The number of hydrogen-bond donors (Lipinski definition) is 1. The third-order valence-corrected chi connectivity index (χ3v) is 6.02. The molecular formula is C25H26ClN3O5. The van der Waals surface area contributed by atoms with Crippen molar-refractivity contribution in [3.63, 3.8) is 0 Å². The Labute approximate surface area is 201 Å². The van der Waals surface area contributed by atoms with Gasteiger partial charge in [0, 0.05) is 26.7 Å². The van der Waals surface area contributed by atoms with E-state index in [2.05, 4.69) is 5.32 Å². The molecule has 0 radical (unpaired) electrons. The van der Waals surface area contributed by atoms with E-state index < -0.39 is 29.2 Å². The van der Waals surface area contributed by atoms with Crippen LogP contribution in [0.2, 0.25) is 5.02 Å². The van der Waals surface area contributed by atoms with E-state index in [0.29, 0.717) is 27.3 Å². The van der Waals surface area contributed by atoms with Gasteiger partial charge in [-0.05, 0) is 42.2 Å². The number of carbonyl (C=O) groups excluding carboxylic acids is 2. The number of carbonyl (C=O) groups is 2. The minimum Gasteiger partial charge on any atom is -0.467 e. The number of rotatable bonds is 6. The van der Waals surface area contributed by atoms with Crippen LogP contribution < -0.4 is 16.6 Å². The third kappa shape index (κ3) is 4.97. The van der Waals surface area contributed by atoms with Crippen molar-refractivity contribution in [2.45, 2.75) is 26.3 Å². The summed E-state index contributed by atoms with van der Waals surface area (Å²) in [7, 11) is 4.27. The second kappa shape index (κ2) is 10.1. The van der Waals surface area contributed by atoms with Gasteiger partial charge in [0.1, 0.15) is 6.04 Å². The van der Waals surface area contributed by atoms with Crippen molar-refractivity contribution in [3.05, 3.63) is 90.7 Å². The lowest BCUT2D eigenvalue weighted by atomic mass is 9.97. The molecule has 0 spiro atoms. The van der Waals surface area contributed by atoms with Crippen molar-refractivity contribution in [1.29, 1.82) is 0 Å². The predicted octanol–water partition coefficient (Wildman–Crippen LogP) is 2.54. The fourth-order valence-electron chi connectivity index (χ4n) is 3.87. The van der Waals surface area contributed by atoms with E-state index in [4.69, 9.17) is 16.3 Å². The predicted molar refractivity (Wildman–Crippen MR) is 130 cm³/mol. The van der Waals surface area contributed by atoms with Crippen LogP contribution in [0.15, 0.2) is 52.2 Å². The summed E-state index contributed by atoms with van der Waals surface area (Å²) in [5.41, 5.74) is 2.79. The molecule has 1 aromatic heterocycles. The van der Waals surface area contributed by atoms with Gasteiger partial charge in [-0.15, -0.1) is 0 Å². The lowest BCUT2D eigenvalue weighted by Crippen LogP contribution is -2.43. The number of benzene rings is 2. The van der Waals surface area contributed by atoms with Crippen molar-refractivity contribution in [2.24, 2.45) is 14.1 Å². The number of aromatic nitrogens is 2. The quantitative estimate of drug-likeness (QED) is 0.543. The first-order chi connectivity index (χ1) is 16.0. The van der Waals surface area contributed by atoms with Crippen molar-refractivity contribution in [1.82, 2.24) is 14.5 Å². The van der Waals surface area contributed by atoms with Crippen LogP contribution in [0.25, 0.3) is 11.1 Å². The highest BCUT2D eigenvalue weighted by Crippen LogP contribution is 2.23. The highest BCUT2D eigenvalue weighted by Gasteiger charge is 2.25. The molecule has 1 N–H and O–H groups in total. The first-order valence-corrected chi connectivity index (χ1v) is 10.9. The van der Waals surface area contributed by atoms with Crippen LogP contribution in [-0.4, -0.2) is 34.2 Å². The molecule has 1 atom stereocenters. The molecule has 3 rings (SSSR count). The lowest BCUT2D eigenvalue weighted by molar-refractivity contribution is -0.142. The molecule has 9 heteroatoms. The van der Waals surface area contributed by atoms with Gasteiger partial charge in [-0.1, -0.05) is 41.9 Å². The van der Waals surface area contributed by atoms with Gasteiger partial charge in [-0.25, -0.2) is 9.59 Å². The zero-order valence-corrected chi connectivity index (χ0v) is 20.4. The second-order valence-corrected chi connectivity index (χ2v) is 8.54. The molecule has 0 fully saturated rings. The molecule has 1 unspecified atom stereocenters. The molecule has 8 nitrogen and oxygen atoms in total. The smallest absolute Gasteiger partial charge is 0.330 e. The maximum Gasteiger partial charge on any atom is 0.330 e. The normalized spacial score (nSPS) is 11.7. The van der Waals surface area contributed by atoms with Crippen LogP contribution in [0.5, 0.6) is 0 Å². The van der Waals surface area contributed by atoms with E-state index in [0.717, 1.165) is 15.7 Å². The number of nitrogens with one attached hydrogen (secondary N) is 1. The molecule has 1 amide bonds. The average Bonchev–Trinajstić information content (AvgIpc) is 2.79. The molecule has 3 aromatic rings. The summed E-state index contributed by atoms with van der Waals surface area (Å²) in [6, 6.07) is 9.55. The van der Waals surface area contributed by atoms with Crippen LogP contribution >= 0.6 is 11.6 Å². The number of aryl methyl sites for hydroxylation is 3. The first-order valence-electron chi connectivity index (χ1n) is 10.6. The number of hydrogen-bond acceptors (Lipinski definition) is 5. The Bertz CT molecular complexity index is 1370. The van der Waals surface area contributed by atoms with Gasteiger partial charge >= 0.3 is 11.7 Å². The van der Waals surface area contributed by atoms with E-state index in [1.54, 1.807) is 44.3 Å². The fourth-order valence-corrected chi connectivity index (χ4v) is 4.18. The van der Waals surface area contributed by atoms with E-state index in [1.807, 2.05) is 13.0 Å². The Balaban J connectivity index is 1.91. The lowest BCUT2D eigenvalue weighted by Gasteiger charge is -2.19. The first kappa shape index (κ1) is 25.0. The Morgan fingerprint density at radius 2 is 1.76 bits per heavy atom. The molecule has 0 aliphatic heterocycles. The number of ether oxygens (including phenoxy) is 1.